The fourth-order valence-electron chi connectivity index (χ4n) is 4.60. The number of benzene rings is 1. The van der Waals surface area contributed by atoms with Crippen LogP contribution in [0.25, 0.3) is 21.3 Å². The van der Waals surface area contributed by atoms with Gasteiger partial charge in [0.15, 0.2) is 10.8 Å². The normalized spacial score (nSPS) is 17.2. The number of aromatic nitrogens is 3. The van der Waals surface area contributed by atoms with E-state index in [9.17, 15) is 40.7 Å². The molecule has 1 saturated heterocycles. The van der Waals surface area contributed by atoms with Gasteiger partial charge < -0.3 is 14.5 Å². The molecule has 0 radical (unpaired) electrons. The molecular weight excluding hydrogens is 637 g/mol. The Bertz CT molecular complexity index is 1710. The molecule has 0 spiro atoms. The number of halogens is 5. The number of hydrogen-bond acceptors (Lipinski definition) is 9. The number of nitrogens with one attached hydrogen (secondary N) is 1. The standard InChI is InChI=1S/C26H28F5N5O6S2/c1-11(2)35-44(40,41)14-7-6-13(16(17(14)27)20(28)29)19-18(23(37)36-10-26(30,31)8-12(36)3)33-22(43-19)21-32-15(42-34-21)9-25(4,5)24(38)39/h6-7,11-12,20,35H,8-10H2,1-5H3,(H,38,39)/t12-/m0/s1. The number of likely N-dealkylation sites (tertiary alicyclic amines) is 1. The Morgan fingerprint density at radius 1 is 1.25 bits per heavy atom. The second-order valence-corrected chi connectivity index (χ2v) is 14.0. The molecule has 0 bridgehead atoms. The summed E-state index contributed by atoms with van der Waals surface area (Å²) >= 11 is 0.543. The summed E-state index contributed by atoms with van der Waals surface area (Å²) in [6, 6.07) is -0.0236. The maximum absolute atomic E-state index is 15.6. The summed E-state index contributed by atoms with van der Waals surface area (Å²) in [4.78, 5) is 32.7. The lowest BCUT2D eigenvalue weighted by molar-refractivity contribution is -0.147. The van der Waals surface area contributed by atoms with Crippen LogP contribution < -0.4 is 4.72 Å². The molecule has 3 heterocycles. The minimum Gasteiger partial charge on any atom is -0.481 e. The van der Waals surface area contributed by atoms with Crippen molar-refractivity contribution in [3.63, 3.8) is 0 Å². The Kier molecular flexibility index (Phi) is 8.93. The molecule has 4 rings (SSSR count). The van der Waals surface area contributed by atoms with Gasteiger partial charge in [-0.05, 0) is 40.7 Å². The molecule has 1 atom stereocenters. The number of aliphatic carboxylic acids is 1. The number of carboxylic acids is 1. The van der Waals surface area contributed by atoms with Crippen LogP contribution in [0, 0.1) is 11.2 Å². The molecule has 1 aliphatic heterocycles. The highest BCUT2D eigenvalue weighted by Crippen LogP contribution is 2.43. The van der Waals surface area contributed by atoms with Gasteiger partial charge in [0.2, 0.25) is 21.7 Å². The quantitative estimate of drug-likeness (QED) is 0.280. The highest BCUT2D eigenvalue weighted by Gasteiger charge is 2.46. The third-order valence-electron chi connectivity index (χ3n) is 6.74. The number of carbonyl (C=O) groups is 2. The number of thiazole rings is 1. The van der Waals surface area contributed by atoms with Gasteiger partial charge in [-0.15, -0.1) is 11.3 Å². The lowest BCUT2D eigenvalue weighted by atomic mass is 9.90. The summed E-state index contributed by atoms with van der Waals surface area (Å²) in [5.74, 6) is -7.62. The van der Waals surface area contributed by atoms with E-state index >= 15 is 4.39 Å². The van der Waals surface area contributed by atoms with Crippen LogP contribution in [0.1, 0.15) is 69.4 Å². The van der Waals surface area contributed by atoms with E-state index in [4.69, 9.17) is 4.52 Å². The van der Waals surface area contributed by atoms with E-state index in [2.05, 4.69) is 19.8 Å². The van der Waals surface area contributed by atoms with E-state index in [-0.39, 0.29) is 28.0 Å². The predicted molar refractivity (Wildman–Crippen MR) is 146 cm³/mol. The van der Waals surface area contributed by atoms with Crippen molar-refractivity contribution in [2.24, 2.45) is 5.41 Å². The van der Waals surface area contributed by atoms with Crippen LogP contribution in [0.15, 0.2) is 21.6 Å². The van der Waals surface area contributed by atoms with E-state index in [1.807, 2.05) is 0 Å². The molecule has 0 unspecified atom stereocenters. The van der Waals surface area contributed by atoms with Crippen LogP contribution in [-0.2, 0) is 21.2 Å². The van der Waals surface area contributed by atoms with Crippen molar-refractivity contribution in [3.05, 3.63) is 35.1 Å². The van der Waals surface area contributed by atoms with Crippen LogP contribution >= 0.6 is 11.3 Å². The molecule has 1 aromatic carbocycles. The Balaban J connectivity index is 1.90. The zero-order valence-electron chi connectivity index (χ0n) is 24.0. The maximum Gasteiger partial charge on any atom is 0.309 e. The Hall–Kier alpha value is -3.51. The van der Waals surface area contributed by atoms with Crippen molar-refractivity contribution < 1.29 is 49.6 Å². The molecule has 1 amide bonds. The zero-order valence-corrected chi connectivity index (χ0v) is 25.6. The molecule has 0 aliphatic carbocycles. The minimum absolute atomic E-state index is 0.128. The summed E-state index contributed by atoms with van der Waals surface area (Å²) in [7, 11) is -4.56. The first-order chi connectivity index (χ1) is 20.2. The monoisotopic (exact) mass is 665 g/mol. The van der Waals surface area contributed by atoms with Gasteiger partial charge in [0.25, 0.3) is 18.3 Å². The van der Waals surface area contributed by atoms with Crippen molar-refractivity contribution in [2.45, 2.75) is 76.8 Å². The Morgan fingerprint density at radius 3 is 2.45 bits per heavy atom. The third-order valence-corrected chi connectivity index (χ3v) is 9.50. The fourth-order valence-corrected chi connectivity index (χ4v) is 6.96. The van der Waals surface area contributed by atoms with Gasteiger partial charge in [0.05, 0.1) is 22.4 Å². The number of sulfonamides is 1. The largest absolute Gasteiger partial charge is 0.481 e. The molecule has 44 heavy (non-hydrogen) atoms. The van der Waals surface area contributed by atoms with Crippen molar-refractivity contribution in [1.82, 2.24) is 24.7 Å². The molecule has 0 saturated carbocycles. The number of carbonyl (C=O) groups excluding carboxylic acids is 1. The lowest BCUT2D eigenvalue weighted by Crippen LogP contribution is -2.35. The summed E-state index contributed by atoms with van der Waals surface area (Å²) in [6.07, 6.45) is -4.44. The number of alkyl halides is 4. The predicted octanol–water partition coefficient (Wildman–Crippen LogP) is 5.15. The van der Waals surface area contributed by atoms with Gasteiger partial charge in [-0.3, -0.25) is 9.59 Å². The summed E-state index contributed by atoms with van der Waals surface area (Å²) in [6.45, 7) is 6.10. The zero-order chi connectivity index (χ0) is 32.9. The van der Waals surface area contributed by atoms with E-state index < -0.39 is 92.2 Å². The van der Waals surface area contributed by atoms with Crippen LogP contribution in [-0.4, -0.2) is 70.0 Å². The smallest absolute Gasteiger partial charge is 0.309 e. The minimum atomic E-state index is -4.56. The van der Waals surface area contributed by atoms with Crippen molar-refractivity contribution >= 4 is 33.2 Å². The van der Waals surface area contributed by atoms with Gasteiger partial charge in [-0.1, -0.05) is 11.2 Å². The summed E-state index contributed by atoms with van der Waals surface area (Å²) < 4.78 is 105. The second kappa shape index (κ2) is 11.8. The molecule has 1 aliphatic rings. The van der Waals surface area contributed by atoms with Gasteiger partial charge in [-0.25, -0.2) is 40.1 Å². The van der Waals surface area contributed by atoms with E-state index in [0.29, 0.717) is 11.3 Å². The third kappa shape index (κ3) is 6.61. The maximum atomic E-state index is 15.6. The number of nitrogens with zero attached hydrogens (tertiary/aromatic N) is 4. The van der Waals surface area contributed by atoms with Crippen LogP contribution in [0.2, 0.25) is 0 Å². The molecule has 18 heteroatoms. The molecule has 3 aromatic rings. The Morgan fingerprint density at radius 2 is 1.91 bits per heavy atom. The molecule has 2 N–H and O–H groups in total. The van der Waals surface area contributed by atoms with E-state index in [1.54, 1.807) is 0 Å². The Labute approximate surface area is 252 Å². The fraction of sp³-hybridized carbons (Fsp3) is 0.500. The molecular formula is C26H28F5N5O6S2. The topological polar surface area (TPSA) is 156 Å². The van der Waals surface area contributed by atoms with Gasteiger partial charge in [0, 0.05) is 30.5 Å². The highest BCUT2D eigenvalue weighted by molar-refractivity contribution is 7.89. The van der Waals surface area contributed by atoms with Crippen LogP contribution in [0.5, 0.6) is 0 Å². The average Bonchev–Trinajstić information content (AvgIpc) is 3.58. The average molecular weight is 666 g/mol. The van der Waals surface area contributed by atoms with Crippen molar-refractivity contribution in [1.29, 1.82) is 0 Å². The summed E-state index contributed by atoms with van der Waals surface area (Å²) in [5, 5.41) is 12.9. The number of rotatable bonds is 10. The first kappa shape index (κ1) is 33.4. The van der Waals surface area contributed by atoms with Crippen LogP contribution in [0.3, 0.4) is 0 Å². The van der Waals surface area contributed by atoms with Gasteiger partial charge in [0.1, 0.15) is 10.6 Å². The summed E-state index contributed by atoms with van der Waals surface area (Å²) in [5.41, 5.74) is -3.85. The van der Waals surface area contributed by atoms with E-state index in [0.717, 1.165) is 17.0 Å². The second-order valence-electron chi connectivity index (χ2n) is 11.3. The van der Waals surface area contributed by atoms with Crippen molar-refractivity contribution in [2.75, 3.05) is 6.54 Å². The van der Waals surface area contributed by atoms with Crippen LogP contribution in [0.4, 0.5) is 22.0 Å². The first-order valence-corrected chi connectivity index (χ1v) is 15.4. The highest BCUT2D eigenvalue weighted by atomic mass is 32.2. The lowest BCUT2D eigenvalue weighted by Gasteiger charge is -2.21. The van der Waals surface area contributed by atoms with E-state index in [1.165, 1.54) is 34.6 Å². The molecule has 240 valence electrons. The number of carboxylic acid groups (broad SMARTS) is 1. The van der Waals surface area contributed by atoms with Crippen molar-refractivity contribution in [3.8, 4) is 21.3 Å². The number of amides is 1. The molecule has 2 aromatic heterocycles. The van der Waals surface area contributed by atoms with Gasteiger partial charge >= 0.3 is 5.97 Å². The SMILES string of the molecule is CC(C)NS(=O)(=O)c1ccc(-c2sc(-c3noc(CC(C)(C)C(=O)O)n3)nc2C(=O)N2CC(F)(F)C[C@@H]2C)c(C(F)F)c1F. The van der Waals surface area contributed by atoms with Gasteiger partial charge in [-0.2, -0.15) is 4.98 Å². The number of hydrogen-bond donors (Lipinski definition) is 2. The molecule has 1 fully saturated rings. The molecule has 11 nitrogen and oxygen atoms in total. The first-order valence-electron chi connectivity index (χ1n) is 13.1.